The SMILES string of the molecule is COC(OCc1ccccc1)c1c(C(=O)NCC(=O)OCc2ccccc2)ncc2cc(Oc3ccccc3)ccc12. The molecule has 42 heavy (non-hydrogen) atoms. The number of hydrogen-bond donors (Lipinski definition) is 1. The van der Waals surface area contributed by atoms with E-state index in [4.69, 9.17) is 18.9 Å². The van der Waals surface area contributed by atoms with Crippen LogP contribution in [0.25, 0.3) is 10.8 Å². The Morgan fingerprint density at radius 3 is 2.10 bits per heavy atom. The molecule has 0 spiro atoms. The Kier molecular flexibility index (Phi) is 9.51. The van der Waals surface area contributed by atoms with Crippen LogP contribution in [0.3, 0.4) is 0 Å². The fourth-order valence-corrected chi connectivity index (χ4v) is 4.37. The van der Waals surface area contributed by atoms with Gasteiger partial charge < -0.3 is 24.3 Å². The van der Waals surface area contributed by atoms with E-state index in [1.165, 1.54) is 7.11 Å². The number of benzene rings is 4. The molecule has 0 aliphatic rings. The first-order valence-corrected chi connectivity index (χ1v) is 13.4. The number of para-hydroxylation sites is 1. The van der Waals surface area contributed by atoms with Crippen LogP contribution in [-0.4, -0.2) is 30.5 Å². The number of rotatable bonds is 12. The van der Waals surface area contributed by atoms with Crippen LogP contribution < -0.4 is 10.1 Å². The van der Waals surface area contributed by atoms with Gasteiger partial charge in [-0.25, -0.2) is 4.98 Å². The average molecular weight is 563 g/mol. The van der Waals surface area contributed by atoms with E-state index in [9.17, 15) is 9.59 Å². The molecular formula is C34H30N2O6. The van der Waals surface area contributed by atoms with Crippen LogP contribution in [0.1, 0.15) is 33.5 Å². The minimum absolute atomic E-state index is 0.0787. The number of nitrogens with one attached hydrogen (secondary N) is 1. The zero-order valence-corrected chi connectivity index (χ0v) is 23.1. The molecule has 1 unspecified atom stereocenters. The highest BCUT2D eigenvalue weighted by Gasteiger charge is 2.25. The summed E-state index contributed by atoms with van der Waals surface area (Å²) in [6, 6.07) is 33.9. The van der Waals surface area contributed by atoms with Gasteiger partial charge in [0.1, 0.15) is 30.3 Å². The molecule has 0 fully saturated rings. The van der Waals surface area contributed by atoms with Crippen molar-refractivity contribution in [1.82, 2.24) is 10.3 Å². The number of hydrogen-bond acceptors (Lipinski definition) is 7. The highest BCUT2D eigenvalue weighted by atomic mass is 16.7. The van der Waals surface area contributed by atoms with Crippen LogP contribution in [0.2, 0.25) is 0 Å². The molecule has 0 radical (unpaired) electrons. The molecule has 5 aromatic rings. The molecule has 8 heteroatoms. The van der Waals surface area contributed by atoms with Crippen molar-refractivity contribution in [2.75, 3.05) is 13.7 Å². The monoisotopic (exact) mass is 562 g/mol. The highest BCUT2D eigenvalue weighted by molar-refractivity contribution is 6.00. The molecule has 1 atom stereocenters. The predicted molar refractivity (Wildman–Crippen MR) is 158 cm³/mol. The second kappa shape index (κ2) is 14.0. The Balaban J connectivity index is 1.39. The number of esters is 1. The summed E-state index contributed by atoms with van der Waals surface area (Å²) < 4.78 is 23.2. The summed E-state index contributed by atoms with van der Waals surface area (Å²) in [6.45, 7) is 0.0382. The van der Waals surface area contributed by atoms with E-state index in [-0.39, 0.29) is 25.5 Å². The molecule has 1 N–H and O–H groups in total. The number of carbonyl (C=O) groups is 2. The number of ether oxygens (including phenoxy) is 4. The lowest BCUT2D eigenvalue weighted by Crippen LogP contribution is -2.32. The van der Waals surface area contributed by atoms with Gasteiger partial charge in [0.25, 0.3) is 5.91 Å². The minimum atomic E-state index is -0.923. The summed E-state index contributed by atoms with van der Waals surface area (Å²) in [6.07, 6.45) is 0.663. The van der Waals surface area contributed by atoms with Crippen molar-refractivity contribution in [1.29, 1.82) is 0 Å². The highest BCUT2D eigenvalue weighted by Crippen LogP contribution is 2.33. The van der Waals surface area contributed by atoms with Crippen molar-refractivity contribution in [3.05, 3.63) is 138 Å². The quantitative estimate of drug-likeness (QED) is 0.140. The van der Waals surface area contributed by atoms with Gasteiger partial charge in [0, 0.05) is 24.3 Å². The van der Waals surface area contributed by atoms with Crippen LogP contribution in [-0.2, 0) is 32.2 Å². The Labute approximate surface area is 243 Å². The van der Waals surface area contributed by atoms with Gasteiger partial charge in [0.05, 0.1) is 6.61 Å². The maximum atomic E-state index is 13.4. The van der Waals surface area contributed by atoms with Crippen molar-refractivity contribution < 1.29 is 28.5 Å². The average Bonchev–Trinajstić information content (AvgIpc) is 3.04. The van der Waals surface area contributed by atoms with Crippen LogP contribution in [0.4, 0.5) is 0 Å². The molecule has 0 bridgehead atoms. The Morgan fingerprint density at radius 2 is 1.43 bits per heavy atom. The lowest BCUT2D eigenvalue weighted by molar-refractivity contribution is -0.143. The fraction of sp³-hybridized carbons (Fsp3) is 0.147. The molecule has 4 aromatic carbocycles. The van der Waals surface area contributed by atoms with E-state index >= 15 is 0 Å². The number of methoxy groups -OCH3 is 1. The van der Waals surface area contributed by atoms with Gasteiger partial charge >= 0.3 is 5.97 Å². The van der Waals surface area contributed by atoms with Crippen LogP contribution >= 0.6 is 0 Å². The van der Waals surface area contributed by atoms with E-state index < -0.39 is 18.2 Å². The van der Waals surface area contributed by atoms with Gasteiger partial charge in [-0.15, -0.1) is 0 Å². The van der Waals surface area contributed by atoms with Gasteiger partial charge in [0.2, 0.25) is 0 Å². The van der Waals surface area contributed by atoms with E-state index in [1.807, 2.05) is 109 Å². The molecule has 0 aliphatic heterocycles. The standard InChI is InChI=1S/C34H30N2O6/c1-39-34(41-23-25-13-7-3-8-14-25)31-29-18-17-28(42-27-15-9-4-10-16-27)19-26(29)20-35-32(31)33(38)36-21-30(37)40-22-24-11-5-2-6-12-24/h2-20,34H,21-23H2,1H3,(H,36,38). The van der Waals surface area contributed by atoms with Crippen molar-refractivity contribution in [3.63, 3.8) is 0 Å². The molecule has 212 valence electrons. The van der Waals surface area contributed by atoms with Crippen molar-refractivity contribution >= 4 is 22.6 Å². The molecule has 8 nitrogen and oxygen atoms in total. The molecule has 0 saturated heterocycles. The zero-order valence-electron chi connectivity index (χ0n) is 23.1. The Morgan fingerprint density at radius 1 is 0.786 bits per heavy atom. The van der Waals surface area contributed by atoms with Crippen molar-refractivity contribution in [2.45, 2.75) is 19.5 Å². The summed E-state index contributed by atoms with van der Waals surface area (Å²) in [5.41, 5.74) is 2.31. The first-order chi connectivity index (χ1) is 20.6. The van der Waals surface area contributed by atoms with E-state index in [2.05, 4.69) is 10.3 Å². The third-order valence-corrected chi connectivity index (χ3v) is 6.42. The minimum Gasteiger partial charge on any atom is -0.460 e. The molecular weight excluding hydrogens is 532 g/mol. The number of nitrogens with zero attached hydrogens (tertiary/aromatic N) is 1. The van der Waals surface area contributed by atoms with Crippen molar-refractivity contribution in [2.24, 2.45) is 0 Å². The number of fused-ring (bicyclic) bond motifs is 1. The first-order valence-electron chi connectivity index (χ1n) is 13.4. The normalized spacial score (nSPS) is 11.5. The van der Waals surface area contributed by atoms with Gasteiger partial charge in [-0.1, -0.05) is 84.9 Å². The van der Waals surface area contributed by atoms with Crippen molar-refractivity contribution in [3.8, 4) is 11.5 Å². The number of amides is 1. The second-order valence-electron chi connectivity index (χ2n) is 9.38. The first kappa shape index (κ1) is 28.5. The predicted octanol–water partition coefficient (Wildman–Crippen LogP) is 6.36. The maximum Gasteiger partial charge on any atom is 0.325 e. The summed E-state index contributed by atoms with van der Waals surface area (Å²) in [5.74, 6) is 0.180. The number of aromatic nitrogens is 1. The lowest BCUT2D eigenvalue weighted by Gasteiger charge is -2.21. The maximum absolute atomic E-state index is 13.4. The molecule has 1 amide bonds. The molecule has 0 aliphatic carbocycles. The van der Waals surface area contributed by atoms with Gasteiger partial charge in [-0.3, -0.25) is 9.59 Å². The van der Waals surface area contributed by atoms with Gasteiger partial charge in [0.15, 0.2) is 6.29 Å². The van der Waals surface area contributed by atoms with Crippen LogP contribution in [0.5, 0.6) is 11.5 Å². The smallest absolute Gasteiger partial charge is 0.325 e. The third kappa shape index (κ3) is 7.37. The number of pyridine rings is 1. The molecule has 5 rings (SSSR count). The van der Waals surface area contributed by atoms with E-state index in [0.717, 1.165) is 16.5 Å². The lowest BCUT2D eigenvalue weighted by atomic mass is 10.0. The molecule has 0 saturated carbocycles. The van der Waals surface area contributed by atoms with Crippen LogP contribution in [0, 0.1) is 0 Å². The van der Waals surface area contributed by atoms with E-state index in [1.54, 1.807) is 6.20 Å². The summed E-state index contributed by atoms with van der Waals surface area (Å²) in [4.78, 5) is 30.2. The summed E-state index contributed by atoms with van der Waals surface area (Å²) >= 11 is 0. The summed E-state index contributed by atoms with van der Waals surface area (Å²) in [7, 11) is 1.50. The second-order valence-corrected chi connectivity index (χ2v) is 9.38. The Hall–Kier alpha value is -5.05. The Bertz CT molecular complexity index is 1630. The topological polar surface area (TPSA) is 96.0 Å². The fourth-order valence-electron chi connectivity index (χ4n) is 4.37. The third-order valence-electron chi connectivity index (χ3n) is 6.42. The molecule has 1 heterocycles. The summed E-state index contributed by atoms with van der Waals surface area (Å²) in [5, 5.41) is 4.05. The largest absolute Gasteiger partial charge is 0.460 e. The number of carbonyl (C=O) groups excluding carboxylic acids is 2. The van der Waals surface area contributed by atoms with Gasteiger partial charge in [-0.05, 0) is 40.8 Å². The zero-order chi connectivity index (χ0) is 29.1. The van der Waals surface area contributed by atoms with Crippen LogP contribution in [0.15, 0.2) is 115 Å². The van der Waals surface area contributed by atoms with Gasteiger partial charge in [-0.2, -0.15) is 0 Å². The molecule has 1 aromatic heterocycles. The van der Waals surface area contributed by atoms with E-state index in [0.29, 0.717) is 22.4 Å².